The lowest BCUT2D eigenvalue weighted by Gasteiger charge is -2.59. The number of rotatable bonds is 1. The molecule has 3 heteroatoms. The van der Waals surface area contributed by atoms with Crippen molar-refractivity contribution in [3.8, 4) is 0 Å². The quantitative estimate of drug-likeness (QED) is 0.558. The Balaban J connectivity index is 1.36. The summed E-state index contributed by atoms with van der Waals surface area (Å²) in [5, 5.41) is 11.4. The molecule has 2 aromatic rings. The number of nitrogens with one attached hydrogen (secondary N) is 1. The predicted octanol–water partition coefficient (Wildman–Crippen LogP) is 6.87. The van der Waals surface area contributed by atoms with Gasteiger partial charge in [0.15, 0.2) is 0 Å². The predicted molar refractivity (Wildman–Crippen MR) is 117 cm³/mol. The summed E-state index contributed by atoms with van der Waals surface area (Å²) < 4.78 is 0. The van der Waals surface area contributed by atoms with Crippen molar-refractivity contribution in [2.24, 2.45) is 34.5 Å². The first-order chi connectivity index (χ1) is 14.0. The number of para-hydroxylation sites is 2. The summed E-state index contributed by atoms with van der Waals surface area (Å²) in [5.41, 5.74) is 3.63. The van der Waals surface area contributed by atoms with Gasteiger partial charge in [0.2, 0.25) is 0 Å². The van der Waals surface area contributed by atoms with E-state index in [9.17, 15) is 5.11 Å². The van der Waals surface area contributed by atoms with Gasteiger partial charge >= 0.3 is 0 Å². The molecule has 4 aliphatic carbocycles. The Bertz CT molecular complexity index is 957. The number of allylic oxidation sites excluding steroid dienone is 2. The summed E-state index contributed by atoms with van der Waals surface area (Å²) in [4.78, 5) is 8.33. The number of benzene rings is 1. The molecule has 1 aromatic heterocycles. The fourth-order valence-electron chi connectivity index (χ4n) is 8.25. The first-order valence-electron chi connectivity index (χ1n) is 11.9. The smallest absolute Gasteiger partial charge is 0.137 e. The van der Waals surface area contributed by atoms with Gasteiger partial charge in [-0.1, -0.05) is 38.8 Å². The van der Waals surface area contributed by atoms with E-state index < -0.39 is 0 Å². The molecule has 3 saturated carbocycles. The Morgan fingerprint density at radius 3 is 2.72 bits per heavy atom. The maximum Gasteiger partial charge on any atom is 0.137 e. The van der Waals surface area contributed by atoms with E-state index in [0.717, 1.165) is 53.0 Å². The Labute approximate surface area is 174 Å². The van der Waals surface area contributed by atoms with E-state index in [1.54, 1.807) is 0 Å². The normalized spacial score (nSPS) is 41.9. The fraction of sp³-hybridized carbons (Fsp3) is 0.654. The highest BCUT2D eigenvalue weighted by molar-refractivity contribution is 5.79. The number of hydrogen-bond donors (Lipinski definition) is 2. The fourth-order valence-corrected chi connectivity index (χ4v) is 8.25. The van der Waals surface area contributed by atoms with Crippen molar-refractivity contribution in [1.29, 1.82) is 0 Å². The average Bonchev–Trinajstić information content (AvgIpc) is 3.26. The van der Waals surface area contributed by atoms with E-state index in [1.807, 2.05) is 12.1 Å². The van der Waals surface area contributed by atoms with E-state index in [0.29, 0.717) is 17.1 Å². The molecule has 3 fully saturated rings. The molecule has 0 radical (unpaired) electrons. The van der Waals surface area contributed by atoms with E-state index in [-0.39, 0.29) is 5.41 Å². The van der Waals surface area contributed by atoms with Crippen LogP contribution in [-0.2, 0) is 0 Å². The van der Waals surface area contributed by atoms with Crippen molar-refractivity contribution < 1.29 is 5.11 Å². The Hall–Kier alpha value is -1.77. The second-order valence-electron chi connectivity index (χ2n) is 11.0. The van der Waals surface area contributed by atoms with Crippen molar-refractivity contribution in [2.45, 2.75) is 71.6 Å². The van der Waals surface area contributed by atoms with Crippen LogP contribution >= 0.6 is 0 Å². The number of aromatic nitrogens is 2. The van der Waals surface area contributed by atoms with Crippen molar-refractivity contribution in [1.82, 2.24) is 9.97 Å². The number of nitrogens with zero attached hydrogens (tertiary/aromatic N) is 1. The van der Waals surface area contributed by atoms with Crippen LogP contribution in [0.4, 0.5) is 0 Å². The van der Waals surface area contributed by atoms with E-state index in [1.165, 1.54) is 44.9 Å². The highest BCUT2D eigenvalue weighted by Gasteiger charge is 2.59. The zero-order valence-corrected chi connectivity index (χ0v) is 17.9. The third-order valence-corrected chi connectivity index (χ3v) is 9.90. The van der Waals surface area contributed by atoms with Crippen molar-refractivity contribution in [2.75, 3.05) is 0 Å². The summed E-state index contributed by atoms with van der Waals surface area (Å²) in [5.74, 6) is 4.66. The minimum atomic E-state index is -0.0622. The second kappa shape index (κ2) is 6.12. The first-order valence-corrected chi connectivity index (χ1v) is 11.9. The summed E-state index contributed by atoms with van der Waals surface area (Å²) in [6.07, 6.45) is 11.9. The van der Waals surface area contributed by atoms with Crippen LogP contribution in [0.25, 0.3) is 16.6 Å². The first kappa shape index (κ1) is 18.0. The molecule has 3 nitrogen and oxygen atoms in total. The number of imidazole rings is 1. The topological polar surface area (TPSA) is 48.9 Å². The molecular weight excluding hydrogens is 356 g/mol. The lowest BCUT2D eigenvalue weighted by Crippen LogP contribution is -2.52. The number of fused-ring (bicyclic) bond motifs is 6. The number of aromatic amines is 1. The van der Waals surface area contributed by atoms with E-state index in [2.05, 4.69) is 31.0 Å². The molecule has 6 atom stereocenters. The van der Waals surface area contributed by atoms with Crippen LogP contribution < -0.4 is 0 Å². The van der Waals surface area contributed by atoms with Crippen molar-refractivity contribution in [3.05, 3.63) is 35.8 Å². The Morgan fingerprint density at radius 2 is 1.86 bits per heavy atom. The third kappa shape index (κ3) is 2.39. The number of aliphatic hydroxyl groups is 1. The van der Waals surface area contributed by atoms with Crippen LogP contribution in [-0.4, -0.2) is 15.1 Å². The summed E-state index contributed by atoms with van der Waals surface area (Å²) >= 11 is 0. The molecule has 0 unspecified atom stereocenters. The van der Waals surface area contributed by atoms with Gasteiger partial charge in [-0.15, -0.1) is 0 Å². The van der Waals surface area contributed by atoms with Crippen LogP contribution in [0.5, 0.6) is 0 Å². The maximum absolute atomic E-state index is 11.4. The van der Waals surface area contributed by atoms with Crippen molar-refractivity contribution in [3.63, 3.8) is 0 Å². The Kier molecular flexibility index (Phi) is 3.81. The van der Waals surface area contributed by atoms with Gasteiger partial charge < -0.3 is 10.1 Å². The van der Waals surface area contributed by atoms with Crippen LogP contribution in [0.2, 0.25) is 0 Å². The van der Waals surface area contributed by atoms with Crippen LogP contribution in [0.15, 0.2) is 30.0 Å². The number of H-pyrrole nitrogens is 1. The highest BCUT2D eigenvalue weighted by Crippen LogP contribution is 2.67. The Morgan fingerprint density at radius 1 is 1.00 bits per heavy atom. The third-order valence-electron chi connectivity index (χ3n) is 9.90. The highest BCUT2D eigenvalue weighted by atomic mass is 16.3. The van der Waals surface area contributed by atoms with Gasteiger partial charge in [0.05, 0.1) is 11.0 Å². The molecule has 29 heavy (non-hydrogen) atoms. The minimum Gasteiger partial charge on any atom is -0.511 e. The molecular formula is C26H34N2O. The zero-order chi connectivity index (χ0) is 19.8. The molecule has 0 bridgehead atoms. The van der Waals surface area contributed by atoms with Crippen LogP contribution in [0.1, 0.15) is 77.5 Å². The van der Waals surface area contributed by atoms with Gasteiger partial charge in [0, 0.05) is 11.0 Å². The molecule has 4 aliphatic rings. The number of hydrogen-bond acceptors (Lipinski definition) is 2. The lowest BCUT2D eigenvalue weighted by atomic mass is 9.45. The monoisotopic (exact) mass is 390 g/mol. The number of aliphatic hydroxyl groups excluding tert-OH is 1. The molecule has 0 saturated heterocycles. The van der Waals surface area contributed by atoms with Gasteiger partial charge in [0.1, 0.15) is 11.6 Å². The minimum absolute atomic E-state index is 0.0622. The van der Waals surface area contributed by atoms with Crippen LogP contribution in [0, 0.1) is 34.5 Å². The molecule has 0 spiro atoms. The van der Waals surface area contributed by atoms with Crippen LogP contribution in [0.3, 0.4) is 0 Å². The molecule has 1 heterocycles. The van der Waals surface area contributed by atoms with Gasteiger partial charge in [-0.2, -0.15) is 0 Å². The molecule has 0 aliphatic heterocycles. The van der Waals surface area contributed by atoms with Gasteiger partial charge in [-0.25, -0.2) is 4.98 Å². The zero-order valence-electron chi connectivity index (χ0n) is 17.9. The van der Waals surface area contributed by atoms with Gasteiger partial charge in [0.25, 0.3) is 0 Å². The second-order valence-corrected chi connectivity index (χ2v) is 11.0. The van der Waals surface area contributed by atoms with E-state index >= 15 is 0 Å². The average molecular weight is 391 g/mol. The molecule has 1 aromatic carbocycles. The van der Waals surface area contributed by atoms with Crippen molar-refractivity contribution >= 4 is 16.6 Å². The van der Waals surface area contributed by atoms with Gasteiger partial charge in [-0.05, 0) is 86.2 Å². The largest absolute Gasteiger partial charge is 0.511 e. The van der Waals surface area contributed by atoms with E-state index in [4.69, 9.17) is 4.98 Å². The molecule has 154 valence electrons. The van der Waals surface area contributed by atoms with Gasteiger partial charge in [-0.3, -0.25) is 0 Å². The standard InChI is InChI=1S/C26H34N2O/c1-25-13-6-5-7-16(25)10-11-17-19(25)12-14-26(2)20(17)15-18(23(26)29)24-27-21-8-3-4-9-22(21)28-24/h3-4,8-9,16-17,19-20,29H,5-7,10-15H2,1-2H3,(H,27,28)/t16-,17-,19+,20+,25-,26+/m0/s1. The molecule has 2 N–H and O–H groups in total. The lowest BCUT2D eigenvalue weighted by molar-refractivity contribution is -0.104. The summed E-state index contributed by atoms with van der Waals surface area (Å²) in [7, 11) is 0. The maximum atomic E-state index is 11.4. The molecule has 6 rings (SSSR count). The summed E-state index contributed by atoms with van der Waals surface area (Å²) in [6.45, 7) is 4.97. The summed E-state index contributed by atoms with van der Waals surface area (Å²) in [6, 6.07) is 8.21. The molecule has 0 amide bonds. The SMILES string of the molecule is C[C@]12CCCC[C@H]1CC[C@H]1[C@H]2CC[C@@]2(C)C(O)=C(c3nc4ccccc4[nH]3)C[C@H]12.